The van der Waals surface area contributed by atoms with Gasteiger partial charge in [0.25, 0.3) is 11.8 Å². The molecule has 2 atom stereocenters. The van der Waals surface area contributed by atoms with Crippen LogP contribution in [0.4, 0.5) is 9.18 Å². The summed E-state index contributed by atoms with van der Waals surface area (Å²) in [6, 6.07) is 11.2. The number of carbonyl (C=O) groups is 3. The van der Waals surface area contributed by atoms with Crippen molar-refractivity contribution < 1.29 is 28.2 Å². The molecule has 10 heteroatoms. The normalized spacial score (nSPS) is 18.2. The van der Waals surface area contributed by atoms with Crippen LogP contribution in [0.25, 0.3) is 11.1 Å². The highest BCUT2D eigenvalue weighted by Gasteiger charge is 2.31. The van der Waals surface area contributed by atoms with Crippen LogP contribution in [0.15, 0.2) is 36.4 Å². The summed E-state index contributed by atoms with van der Waals surface area (Å²) >= 11 is 0. The van der Waals surface area contributed by atoms with Gasteiger partial charge in [-0.25, -0.2) is 9.18 Å². The quantitative estimate of drug-likeness (QED) is 0.605. The first-order valence-corrected chi connectivity index (χ1v) is 13.0. The number of hydrogen-bond donors (Lipinski definition) is 2. The number of hydrogen-bond acceptors (Lipinski definition) is 6. The van der Waals surface area contributed by atoms with Crippen molar-refractivity contribution in [3.63, 3.8) is 0 Å². The summed E-state index contributed by atoms with van der Waals surface area (Å²) < 4.78 is 26.1. The van der Waals surface area contributed by atoms with Crippen LogP contribution >= 0.6 is 0 Å². The lowest BCUT2D eigenvalue weighted by Crippen LogP contribution is -2.48. The van der Waals surface area contributed by atoms with Gasteiger partial charge in [0.05, 0.1) is 12.6 Å². The number of ether oxygens (including phenoxy) is 2. The molecule has 0 aliphatic carbocycles. The van der Waals surface area contributed by atoms with Gasteiger partial charge >= 0.3 is 6.09 Å². The van der Waals surface area contributed by atoms with Crippen LogP contribution in [0.3, 0.4) is 0 Å². The lowest BCUT2D eigenvalue weighted by molar-refractivity contribution is -0.133. The smallest absolute Gasteiger partial charge is 0.410 e. The maximum Gasteiger partial charge on any atom is 0.410 e. The van der Waals surface area contributed by atoms with Crippen LogP contribution in [0.2, 0.25) is 0 Å². The summed E-state index contributed by atoms with van der Waals surface area (Å²) in [4.78, 5) is 38.9. The van der Waals surface area contributed by atoms with Crippen molar-refractivity contribution in [1.29, 1.82) is 5.26 Å². The number of fused-ring (bicyclic) bond motifs is 1. The van der Waals surface area contributed by atoms with Crippen LogP contribution in [-0.4, -0.2) is 66.8 Å². The topological polar surface area (TPSA) is 121 Å². The van der Waals surface area contributed by atoms with Crippen LogP contribution < -0.4 is 10.6 Å². The third-order valence-corrected chi connectivity index (χ3v) is 6.53. The highest BCUT2D eigenvalue weighted by molar-refractivity contribution is 5.97. The second-order valence-corrected chi connectivity index (χ2v) is 10.7. The first-order chi connectivity index (χ1) is 18.5. The fraction of sp³-hybridized carbons (Fsp3) is 0.448. The number of nitriles is 1. The molecule has 0 aromatic heterocycles. The third kappa shape index (κ3) is 7.12. The van der Waals surface area contributed by atoms with Gasteiger partial charge in [-0.2, -0.15) is 5.26 Å². The number of nitrogens with one attached hydrogen (secondary N) is 2. The van der Waals surface area contributed by atoms with Crippen molar-refractivity contribution in [2.24, 2.45) is 0 Å². The van der Waals surface area contributed by atoms with E-state index in [1.807, 2.05) is 12.1 Å². The molecule has 2 aliphatic rings. The van der Waals surface area contributed by atoms with E-state index in [2.05, 4.69) is 10.6 Å². The van der Waals surface area contributed by atoms with E-state index in [4.69, 9.17) is 9.47 Å². The highest BCUT2D eigenvalue weighted by Crippen LogP contribution is 2.26. The summed E-state index contributed by atoms with van der Waals surface area (Å²) in [5.74, 6) is -1.16. The SMILES string of the molecule is CC(C)(C)OC(=O)N1CCCO[C@H](C(=O)N[C@H](C#N)Cc2ccc(-c3ccc4c(c3)CCNC4=O)cc2F)C1. The monoisotopic (exact) mass is 536 g/mol. The summed E-state index contributed by atoms with van der Waals surface area (Å²) in [5, 5.41) is 15.1. The average molecular weight is 537 g/mol. The summed E-state index contributed by atoms with van der Waals surface area (Å²) in [6.07, 6.45) is -0.304. The van der Waals surface area contributed by atoms with Gasteiger partial charge in [0.15, 0.2) is 6.10 Å². The van der Waals surface area contributed by atoms with Crippen LogP contribution in [0, 0.1) is 17.1 Å². The van der Waals surface area contributed by atoms with Crippen LogP contribution in [0.1, 0.15) is 48.7 Å². The lowest BCUT2D eigenvalue weighted by atomic mass is 9.94. The van der Waals surface area contributed by atoms with Crippen molar-refractivity contribution >= 4 is 17.9 Å². The first-order valence-electron chi connectivity index (χ1n) is 13.0. The van der Waals surface area contributed by atoms with Gasteiger partial charge in [0.2, 0.25) is 0 Å². The Morgan fingerprint density at radius 1 is 1.26 bits per heavy atom. The van der Waals surface area contributed by atoms with E-state index in [-0.39, 0.29) is 31.0 Å². The van der Waals surface area contributed by atoms with E-state index in [0.717, 1.165) is 11.1 Å². The Labute approximate surface area is 227 Å². The molecule has 0 spiro atoms. The minimum absolute atomic E-state index is 0.00953. The zero-order valence-corrected chi connectivity index (χ0v) is 22.4. The molecule has 206 valence electrons. The number of nitrogens with zero attached hydrogens (tertiary/aromatic N) is 2. The molecular weight excluding hydrogens is 503 g/mol. The summed E-state index contributed by atoms with van der Waals surface area (Å²) in [5.41, 5.74) is 2.58. The molecule has 2 aliphatic heterocycles. The standard InChI is InChI=1S/C29H33FN4O5/c1-29(2,3)39-28(37)34-11-4-12-38-25(17-34)27(36)33-22(16-31)14-21-6-5-19(15-24(21)30)18-7-8-23-20(13-18)9-10-32-26(23)35/h5-8,13,15,22,25H,4,9-12,14,17H2,1-3H3,(H,32,35)(H,33,36)/t22-,25-/m0/s1. The third-order valence-electron chi connectivity index (χ3n) is 6.53. The zero-order chi connectivity index (χ0) is 28.2. The maximum atomic E-state index is 15.1. The first kappa shape index (κ1) is 28.0. The molecule has 0 radical (unpaired) electrons. The Hall–Kier alpha value is -3.97. The van der Waals surface area contributed by atoms with Crippen molar-refractivity contribution in [2.45, 2.75) is 57.8 Å². The molecule has 2 aromatic carbocycles. The second-order valence-electron chi connectivity index (χ2n) is 10.7. The van der Waals surface area contributed by atoms with E-state index >= 15 is 4.39 Å². The average Bonchev–Trinajstić information content (AvgIpc) is 3.15. The van der Waals surface area contributed by atoms with Gasteiger partial charge < -0.3 is 25.0 Å². The molecular formula is C29H33FN4O5. The van der Waals surface area contributed by atoms with Gasteiger partial charge in [-0.05, 0) is 68.0 Å². The van der Waals surface area contributed by atoms with Gasteiger partial charge in [-0.3, -0.25) is 9.59 Å². The van der Waals surface area contributed by atoms with Gasteiger partial charge in [0, 0.05) is 31.7 Å². The van der Waals surface area contributed by atoms with Crippen molar-refractivity contribution in [3.8, 4) is 17.2 Å². The van der Waals surface area contributed by atoms with E-state index in [1.54, 1.807) is 45.0 Å². The van der Waals surface area contributed by atoms with Gasteiger partial charge in [0.1, 0.15) is 17.5 Å². The zero-order valence-electron chi connectivity index (χ0n) is 22.4. The molecule has 1 saturated heterocycles. The molecule has 2 heterocycles. The molecule has 3 amide bonds. The largest absolute Gasteiger partial charge is 0.444 e. The van der Waals surface area contributed by atoms with E-state index in [1.165, 1.54) is 11.0 Å². The molecule has 0 bridgehead atoms. The Bertz CT molecular complexity index is 1300. The minimum Gasteiger partial charge on any atom is -0.444 e. The maximum absolute atomic E-state index is 15.1. The highest BCUT2D eigenvalue weighted by atomic mass is 19.1. The second kappa shape index (κ2) is 11.8. The number of benzene rings is 2. The molecule has 0 unspecified atom stereocenters. The van der Waals surface area contributed by atoms with Crippen molar-refractivity contribution in [2.75, 3.05) is 26.2 Å². The molecule has 0 saturated carbocycles. The summed E-state index contributed by atoms with van der Waals surface area (Å²) in [7, 11) is 0. The number of halogens is 1. The van der Waals surface area contributed by atoms with E-state index in [0.29, 0.717) is 37.1 Å². The van der Waals surface area contributed by atoms with E-state index in [9.17, 15) is 19.6 Å². The Kier molecular flexibility index (Phi) is 8.51. The van der Waals surface area contributed by atoms with Crippen molar-refractivity contribution in [1.82, 2.24) is 15.5 Å². The molecule has 9 nitrogen and oxygen atoms in total. The van der Waals surface area contributed by atoms with Gasteiger partial charge in [-0.1, -0.05) is 24.3 Å². The van der Waals surface area contributed by atoms with Crippen molar-refractivity contribution in [3.05, 3.63) is 58.9 Å². The molecule has 2 N–H and O–H groups in total. The summed E-state index contributed by atoms with van der Waals surface area (Å²) in [6.45, 7) is 6.50. The van der Waals surface area contributed by atoms with Gasteiger partial charge in [-0.15, -0.1) is 0 Å². The number of amides is 3. The number of rotatable bonds is 5. The fourth-order valence-electron chi connectivity index (χ4n) is 4.59. The Morgan fingerprint density at radius 2 is 2.00 bits per heavy atom. The molecule has 4 rings (SSSR count). The molecule has 39 heavy (non-hydrogen) atoms. The molecule has 1 fully saturated rings. The van der Waals surface area contributed by atoms with E-state index < -0.39 is 35.6 Å². The predicted octanol–water partition coefficient (Wildman–Crippen LogP) is 3.36. The Morgan fingerprint density at radius 3 is 2.72 bits per heavy atom. The fourth-order valence-corrected chi connectivity index (χ4v) is 4.59. The predicted molar refractivity (Wildman–Crippen MR) is 141 cm³/mol. The molecule has 2 aromatic rings. The minimum atomic E-state index is -0.998. The number of carbonyl (C=O) groups excluding carboxylic acids is 3. The van der Waals surface area contributed by atoms with Crippen LogP contribution in [0.5, 0.6) is 0 Å². The Balaban J connectivity index is 1.41. The van der Waals surface area contributed by atoms with Crippen LogP contribution in [-0.2, 0) is 27.1 Å². The lowest BCUT2D eigenvalue weighted by Gasteiger charge is -2.27.